The molecule has 106 valence electrons. The molecule has 2 rings (SSSR count). The number of alkyl halides is 3. The number of aryl methyl sites for hydroxylation is 1. The Balaban J connectivity index is 2.66. The van der Waals surface area contributed by atoms with Gasteiger partial charge in [0.2, 0.25) is 0 Å². The molecule has 0 aliphatic heterocycles. The summed E-state index contributed by atoms with van der Waals surface area (Å²) in [6.45, 7) is 3.64. The third kappa shape index (κ3) is 2.53. The van der Waals surface area contributed by atoms with E-state index in [4.69, 9.17) is 18.0 Å². The molecule has 0 radical (unpaired) electrons. The summed E-state index contributed by atoms with van der Waals surface area (Å²) in [6.07, 6.45) is -2.90. The first kappa shape index (κ1) is 14.5. The van der Waals surface area contributed by atoms with Crippen LogP contribution < -0.4 is 5.73 Å². The van der Waals surface area contributed by atoms with E-state index in [1.165, 1.54) is 12.4 Å². The van der Waals surface area contributed by atoms with Gasteiger partial charge < -0.3 is 10.3 Å². The van der Waals surface area contributed by atoms with E-state index in [1.54, 1.807) is 4.57 Å². The fourth-order valence-corrected chi connectivity index (χ4v) is 2.02. The molecule has 1 heterocycles. The summed E-state index contributed by atoms with van der Waals surface area (Å²) in [5.41, 5.74) is 7.05. The minimum atomic E-state index is -4.43. The molecule has 2 aromatic rings. The van der Waals surface area contributed by atoms with Gasteiger partial charge in [0, 0.05) is 11.3 Å². The molecule has 2 N–H and O–H groups in total. The predicted molar refractivity (Wildman–Crippen MR) is 73.9 cm³/mol. The molecule has 0 saturated carbocycles. The summed E-state index contributed by atoms with van der Waals surface area (Å²) >= 11 is 4.86. The van der Waals surface area contributed by atoms with Crippen molar-refractivity contribution in [3.8, 4) is 5.69 Å². The van der Waals surface area contributed by atoms with Gasteiger partial charge in [0.05, 0.1) is 23.3 Å². The molecule has 0 fully saturated rings. The van der Waals surface area contributed by atoms with Crippen molar-refractivity contribution in [3.05, 3.63) is 47.0 Å². The van der Waals surface area contributed by atoms with Crippen LogP contribution in [0.1, 0.15) is 22.5 Å². The molecule has 0 aliphatic carbocycles. The molecule has 0 unspecified atom stereocenters. The highest BCUT2D eigenvalue weighted by molar-refractivity contribution is 7.80. The maximum atomic E-state index is 12.7. The first-order valence-electron chi connectivity index (χ1n) is 5.73. The Labute approximate surface area is 119 Å². The van der Waals surface area contributed by atoms with Crippen LogP contribution in [0, 0.1) is 13.8 Å². The molecule has 0 aliphatic rings. The number of thiocarbonyl (C=S) groups is 1. The second-order valence-electron chi connectivity index (χ2n) is 4.38. The predicted octanol–water partition coefficient (Wildman–Crippen LogP) is 3.14. The lowest BCUT2D eigenvalue weighted by molar-refractivity contribution is -0.137. The number of benzene rings is 1. The quantitative estimate of drug-likeness (QED) is 0.866. The lowest BCUT2D eigenvalue weighted by atomic mass is 10.1. The van der Waals surface area contributed by atoms with Crippen LogP contribution in [0.5, 0.6) is 0 Å². The van der Waals surface area contributed by atoms with Crippen molar-refractivity contribution < 1.29 is 13.2 Å². The second kappa shape index (κ2) is 4.90. The zero-order chi connectivity index (χ0) is 15.1. The molecular weight excluding hydrogens is 287 g/mol. The van der Waals surface area contributed by atoms with Gasteiger partial charge in [-0.05, 0) is 32.0 Å². The molecule has 0 bridgehead atoms. The van der Waals surface area contributed by atoms with Gasteiger partial charge in [-0.15, -0.1) is 0 Å². The van der Waals surface area contributed by atoms with Crippen LogP contribution in [0.2, 0.25) is 0 Å². The zero-order valence-corrected chi connectivity index (χ0v) is 11.6. The van der Waals surface area contributed by atoms with Gasteiger partial charge in [-0.2, -0.15) is 13.2 Å². The van der Waals surface area contributed by atoms with E-state index in [0.717, 1.165) is 23.5 Å². The summed E-state index contributed by atoms with van der Waals surface area (Å²) in [6, 6.07) is 3.32. The number of hydrogen-bond donors (Lipinski definition) is 1. The van der Waals surface area contributed by atoms with Crippen LogP contribution in [0.4, 0.5) is 13.2 Å². The fourth-order valence-electron chi connectivity index (χ4n) is 1.86. The second-order valence-corrected chi connectivity index (χ2v) is 4.82. The number of nitrogens with two attached hydrogens (primary N) is 1. The topological polar surface area (TPSA) is 43.8 Å². The number of nitrogens with zero attached hydrogens (tertiary/aromatic N) is 2. The number of hydrogen-bond acceptors (Lipinski definition) is 2. The third-order valence-corrected chi connectivity index (χ3v) is 3.32. The lowest BCUT2D eigenvalue weighted by Crippen LogP contribution is -2.16. The first-order valence-corrected chi connectivity index (χ1v) is 6.14. The molecule has 7 heteroatoms. The maximum Gasteiger partial charge on any atom is 0.416 e. The number of aromatic nitrogens is 2. The Morgan fingerprint density at radius 1 is 1.30 bits per heavy atom. The molecular formula is C13H12F3N3S. The van der Waals surface area contributed by atoms with Gasteiger partial charge in [-0.1, -0.05) is 12.2 Å². The van der Waals surface area contributed by atoms with Crippen LogP contribution in [0.3, 0.4) is 0 Å². The molecule has 1 aromatic carbocycles. The maximum absolute atomic E-state index is 12.7. The molecule has 20 heavy (non-hydrogen) atoms. The van der Waals surface area contributed by atoms with Crippen molar-refractivity contribution in [2.45, 2.75) is 20.0 Å². The monoisotopic (exact) mass is 299 g/mol. The van der Waals surface area contributed by atoms with E-state index in [9.17, 15) is 13.2 Å². The molecule has 3 nitrogen and oxygen atoms in total. The van der Waals surface area contributed by atoms with Crippen molar-refractivity contribution in [3.63, 3.8) is 0 Å². The highest BCUT2D eigenvalue weighted by Crippen LogP contribution is 2.31. The van der Waals surface area contributed by atoms with Crippen LogP contribution in [0.25, 0.3) is 5.69 Å². The minimum Gasteiger partial charge on any atom is -0.389 e. The van der Waals surface area contributed by atoms with E-state index >= 15 is 0 Å². The molecule has 1 aromatic heterocycles. The molecule has 0 spiro atoms. The van der Waals surface area contributed by atoms with Crippen molar-refractivity contribution in [2.75, 3.05) is 0 Å². The third-order valence-electron chi connectivity index (χ3n) is 3.10. The Hall–Kier alpha value is -1.89. The highest BCUT2D eigenvalue weighted by atomic mass is 32.1. The normalized spacial score (nSPS) is 11.7. The van der Waals surface area contributed by atoms with Crippen molar-refractivity contribution in [1.82, 2.24) is 9.55 Å². The van der Waals surface area contributed by atoms with Gasteiger partial charge in [0.1, 0.15) is 4.99 Å². The average molecular weight is 299 g/mol. The van der Waals surface area contributed by atoms with Crippen molar-refractivity contribution in [1.29, 1.82) is 0 Å². The standard InChI is InChI=1S/C13H12F3N3S/c1-7-8(2)19(6-18-7)11-4-3-9(13(14,15)16)5-10(11)12(17)20/h3-6H,1-2H3,(H2,17,20). The number of imidazole rings is 1. The first-order chi connectivity index (χ1) is 9.21. The van der Waals surface area contributed by atoms with Gasteiger partial charge in [-0.3, -0.25) is 0 Å². The number of rotatable bonds is 2. The summed E-state index contributed by atoms with van der Waals surface area (Å²) in [7, 11) is 0. The Kier molecular flexibility index (Phi) is 3.56. The lowest BCUT2D eigenvalue weighted by Gasteiger charge is -2.14. The molecule has 0 amide bonds. The zero-order valence-electron chi connectivity index (χ0n) is 10.8. The van der Waals surface area contributed by atoms with Crippen LogP contribution in [0.15, 0.2) is 24.5 Å². The smallest absolute Gasteiger partial charge is 0.389 e. The number of halogens is 3. The summed E-state index contributed by atoms with van der Waals surface area (Å²) in [4.78, 5) is 4.03. The van der Waals surface area contributed by atoms with E-state index in [1.807, 2.05) is 13.8 Å². The Bertz CT molecular complexity index is 674. The minimum absolute atomic E-state index is 0.0862. The van der Waals surface area contributed by atoms with Crippen LogP contribution in [-0.4, -0.2) is 14.5 Å². The average Bonchev–Trinajstić information content (AvgIpc) is 2.68. The summed E-state index contributed by atoms with van der Waals surface area (Å²) in [5.74, 6) is 0. The van der Waals surface area contributed by atoms with E-state index in [2.05, 4.69) is 4.98 Å². The van der Waals surface area contributed by atoms with Crippen LogP contribution >= 0.6 is 12.2 Å². The molecule has 0 saturated heterocycles. The summed E-state index contributed by atoms with van der Waals surface area (Å²) in [5, 5.41) is 0. The van der Waals surface area contributed by atoms with E-state index in [-0.39, 0.29) is 10.6 Å². The SMILES string of the molecule is Cc1ncn(-c2ccc(C(F)(F)F)cc2C(N)=S)c1C. The van der Waals surface area contributed by atoms with Gasteiger partial charge in [0.15, 0.2) is 0 Å². The van der Waals surface area contributed by atoms with Crippen LogP contribution in [-0.2, 0) is 6.18 Å². The van der Waals surface area contributed by atoms with Gasteiger partial charge in [-0.25, -0.2) is 4.98 Å². The fraction of sp³-hybridized carbons (Fsp3) is 0.231. The highest BCUT2D eigenvalue weighted by Gasteiger charge is 2.31. The van der Waals surface area contributed by atoms with Gasteiger partial charge >= 0.3 is 6.18 Å². The largest absolute Gasteiger partial charge is 0.416 e. The Morgan fingerprint density at radius 3 is 2.40 bits per heavy atom. The van der Waals surface area contributed by atoms with Crippen molar-refractivity contribution >= 4 is 17.2 Å². The van der Waals surface area contributed by atoms with Gasteiger partial charge in [0.25, 0.3) is 0 Å². The van der Waals surface area contributed by atoms with E-state index in [0.29, 0.717) is 5.69 Å². The van der Waals surface area contributed by atoms with E-state index < -0.39 is 11.7 Å². The molecule has 0 atom stereocenters. The van der Waals surface area contributed by atoms with Crippen molar-refractivity contribution in [2.24, 2.45) is 5.73 Å². The Morgan fingerprint density at radius 2 is 1.95 bits per heavy atom. The summed E-state index contributed by atoms with van der Waals surface area (Å²) < 4.78 is 39.9.